The SMILES string of the molecule is CNCc1cc(C(C)C)nc(N(C)Cc2ccoc2C)c1. The van der Waals surface area contributed by atoms with Gasteiger partial charge in [0.25, 0.3) is 0 Å². The van der Waals surface area contributed by atoms with E-state index < -0.39 is 0 Å². The molecule has 4 heteroatoms. The summed E-state index contributed by atoms with van der Waals surface area (Å²) in [5.74, 6) is 2.40. The van der Waals surface area contributed by atoms with Gasteiger partial charge in [0.05, 0.1) is 6.26 Å². The number of rotatable bonds is 6. The number of nitrogens with zero attached hydrogens (tertiary/aromatic N) is 2. The maximum absolute atomic E-state index is 5.37. The summed E-state index contributed by atoms with van der Waals surface area (Å²) in [6, 6.07) is 6.35. The topological polar surface area (TPSA) is 41.3 Å². The average Bonchev–Trinajstić information content (AvgIpc) is 2.84. The second-order valence-corrected chi connectivity index (χ2v) is 5.80. The summed E-state index contributed by atoms with van der Waals surface area (Å²) in [6.07, 6.45) is 1.74. The highest BCUT2D eigenvalue weighted by Crippen LogP contribution is 2.22. The molecule has 2 aromatic rings. The smallest absolute Gasteiger partial charge is 0.129 e. The fraction of sp³-hybridized carbons (Fsp3) is 0.471. The molecule has 0 radical (unpaired) electrons. The first-order valence-electron chi connectivity index (χ1n) is 7.40. The van der Waals surface area contributed by atoms with Crippen molar-refractivity contribution in [3.63, 3.8) is 0 Å². The van der Waals surface area contributed by atoms with Crippen LogP contribution in [0.15, 0.2) is 28.9 Å². The zero-order valence-electron chi connectivity index (χ0n) is 13.6. The van der Waals surface area contributed by atoms with Crippen molar-refractivity contribution in [1.82, 2.24) is 10.3 Å². The molecule has 0 spiro atoms. The second-order valence-electron chi connectivity index (χ2n) is 5.80. The van der Waals surface area contributed by atoms with Crippen LogP contribution in [0.2, 0.25) is 0 Å². The quantitative estimate of drug-likeness (QED) is 0.883. The molecule has 0 saturated carbocycles. The van der Waals surface area contributed by atoms with E-state index in [4.69, 9.17) is 9.40 Å². The normalized spacial score (nSPS) is 11.1. The van der Waals surface area contributed by atoms with E-state index in [1.165, 1.54) is 11.1 Å². The molecule has 114 valence electrons. The first-order chi connectivity index (χ1) is 10.0. The van der Waals surface area contributed by atoms with Crippen molar-refractivity contribution < 1.29 is 4.42 Å². The summed E-state index contributed by atoms with van der Waals surface area (Å²) in [5, 5.41) is 3.21. The first-order valence-corrected chi connectivity index (χ1v) is 7.40. The molecule has 2 rings (SSSR count). The summed E-state index contributed by atoms with van der Waals surface area (Å²) in [5.41, 5.74) is 3.60. The van der Waals surface area contributed by atoms with Gasteiger partial charge in [-0.2, -0.15) is 0 Å². The molecule has 0 bridgehead atoms. The van der Waals surface area contributed by atoms with Gasteiger partial charge in [0, 0.05) is 31.4 Å². The van der Waals surface area contributed by atoms with Gasteiger partial charge in [0.15, 0.2) is 0 Å². The lowest BCUT2D eigenvalue weighted by molar-refractivity contribution is 0.529. The van der Waals surface area contributed by atoms with Gasteiger partial charge in [0.1, 0.15) is 11.6 Å². The summed E-state index contributed by atoms with van der Waals surface area (Å²) in [6.45, 7) is 8.00. The lowest BCUT2D eigenvalue weighted by Crippen LogP contribution is -2.19. The molecule has 0 saturated heterocycles. The monoisotopic (exact) mass is 287 g/mol. The third-order valence-corrected chi connectivity index (χ3v) is 3.63. The van der Waals surface area contributed by atoms with E-state index in [1.54, 1.807) is 6.26 Å². The summed E-state index contributed by atoms with van der Waals surface area (Å²) in [4.78, 5) is 6.96. The summed E-state index contributed by atoms with van der Waals surface area (Å²) < 4.78 is 5.37. The fourth-order valence-corrected chi connectivity index (χ4v) is 2.30. The minimum Gasteiger partial charge on any atom is -0.469 e. The predicted molar refractivity (Wildman–Crippen MR) is 86.6 cm³/mol. The van der Waals surface area contributed by atoms with E-state index in [0.717, 1.165) is 30.4 Å². The molecule has 0 amide bonds. The zero-order chi connectivity index (χ0) is 15.4. The lowest BCUT2D eigenvalue weighted by Gasteiger charge is -2.20. The molecule has 0 aromatic carbocycles. The molecule has 2 heterocycles. The van der Waals surface area contributed by atoms with Gasteiger partial charge >= 0.3 is 0 Å². The zero-order valence-corrected chi connectivity index (χ0v) is 13.6. The van der Waals surface area contributed by atoms with Gasteiger partial charge in [-0.1, -0.05) is 13.8 Å². The van der Waals surface area contributed by atoms with Crippen molar-refractivity contribution in [3.8, 4) is 0 Å². The average molecular weight is 287 g/mol. The van der Waals surface area contributed by atoms with E-state index >= 15 is 0 Å². The van der Waals surface area contributed by atoms with Crippen LogP contribution in [0.1, 0.15) is 42.3 Å². The van der Waals surface area contributed by atoms with E-state index in [-0.39, 0.29) is 0 Å². The van der Waals surface area contributed by atoms with Crippen molar-refractivity contribution >= 4 is 5.82 Å². The Labute approximate surface area is 127 Å². The molecule has 0 fully saturated rings. The van der Waals surface area contributed by atoms with Crippen molar-refractivity contribution in [1.29, 1.82) is 0 Å². The van der Waals surface area contributed by atoms with Crippen LogP contribution in [0.4, 0.5) is 5.82 Å². The molecule has 0 aliphatic rings. The number of furan rings is 1. The maximum Gasteiger partial charge on any atom is 0.129 e. The van der Waals surface area contributed by atoms with Crippen molar-refractivity contribution in [2.24, 2.45) is 0 Å². The molecule has 2 aromatic heterocycles. The highest BCUT2D eigenvalue weighted by Gasteiger charge is 2.11. The summed E-state index contributed by atoms with van der Waals surface area (Å²) >= 11 is 0. The van der Waals surface area contributed by atoms with Gasteiger partial charge in [0.2, 0.25) is 0 Å². The maximum atomic E-state index is 5.37. The highest BCUT2D eigenvalue weighted by molar-refractivity contribution is 5.43. The van der Waals surface area contributed by atoms with E-state index in [0.29, 0.717) is 5.92 Å². The first kappa shape index (κ1) is 15.6. The Kier molecular flexibility index (Phi) is 5.02. The van der Waals surface area contributed by atoms with Gasteiger partial charge in [-0.25, -0.2) is 4.98 Å². The Balaban J connectivity index is 2.26. The lowest BCUT2D eigenvalue weighted by atomic mass is 10.1. The number of hydrogen-bond donors (Lipinski definition) is 1. The van der Waals surface area contributed by atoms with Gasteiger partial charge in [-0.05, 0) is 43.7 Å². The van der Waals surface area contributed by atoms with Crippen molar-refractivity contribution in [2.75, 3.05) is 19.0 Å². The molecule has 0 aliphatic heterocycles. The van der Waals surface area contributed by atoms with Gasteiger partial charge in [-0.3, -0.25) is 0 Å². The molecular formula is C17H25N3O. The van der Waals surface area contributed by atoms with E-state index in [2.05, 4.69) is 43.2 Å². The third-order valence-electron chi connectivity index (χ3n) is 3.63. The van der Waals surface area contributed by atoms with Crippen LogP contribution in [-0.2, 0) is 13.1 Å². The highest BCUT2D eigenvalue weighted by atomic mass is 16.3. The standard InChI is InChI=1S/C17H25N3O/c1-12(2)16-8-14(10-18-4)9-17(19-16)20(5)11-15-6-7-21-13(15)3/h6-9,12,18H,10-11H2,1-5H3. The van der Waals surface area contributed by atoms with Crippen LogP contribution in [0.25, 0.3) is 0 Å². The molecule has 1 N–H and O–H groups in total. The number of nitrogens with one attached hydrogen (secondary N) is 1. The Morgan fingerprint density at radius 3 is 2.67 bits per heavy atom. The largest absolute Gasteiger partial charge is 0.469 e. The molecule has 0 aliphatic carbocycles. The Morgan fingerprint density at radius 2 is 2.10 bits per heavy atom. The van der Waals surface area contributed by atoms with Crippen LogP contribution < -0.4 is 10.2 Å². The van der Waals surface area contributed by atoms with Crippen LogP contribution in [0.5, 0.6) is 0 Å². The summed E-state index contributed by atoms with van der Waals surface area (Å²) in [7, 11) is 4.04. The number of hydrogen-bond acceptors (Lipinski definition) is 4. The number of aromatic nitrogens is 1. The van der Waals surface area contributed by atoms with Gasteiger partial charge in [-0.15, -0.1) is 0 Å². The molecule has 0 atom stereocenters. The number of anilines is 1. The second kappa shape index (κ2) is 6.76. The van der Waals surface area contributed by atoms with Crippen LogP contribution in [-0.4, -0.2) is 19.1 Å². The van der Waals surface area contributed by atoms with Crippen LogP contribution >= 0.6 is 0 Å². The van der Waals surface area contributed by atoms with Crippen LogP contribution in [0, 0.1) is 6.92 Å². The molecular weight excluding hydrogens is 262 g/mol. The molecule has 0 unspecified atom stereocenters. The molecule has 4 nitrogen and oxygen atoms in total. The number of pyridine rings is 1. The number of aryl methyl sites for hydroxylation is 1. The van der Waals surface area contributed by atoms with E-state index in [1.807, 2.05) is 20.0 Å². The van der Waals surface area contributed by atoms with Crippen molar-refractivity contribution in [3.05, 3.63) is 47.0 Å². The van der Waals surface area contributed by atoms with Crippen LogP contribution in [0.3, 0.4) is 0 Å². The molecule has 21 heavy (non-hydrogen) atoms. The van der Waals surface area contributed by atoms with Gasteiger partial charge < -0.3 is 14.6 Å². The minimum atomic E-state index is 0.421. The Morgan fingerprint density at radius 1 is 1.33 bits per heavy atom. The van der Waals surface area contributed by atoms with Crippen molar-refractivity contribution in [2.45, 2.75) is 39.8 Å². The third kappa shape index (κ3) is 3.85. The van der Waals surface area contributed by atoms with E-state index in [9.17, 15) is 0 Å². The predicted octanol–water partition coefficient (Wildman–Crippen LogP) is 3.46. The minimum absolute atomic E-state index is 0.421. The fourth-order valence-electron chi connectivity index (χ4n) is 2.30. The Hall–Kier alpha value is -1.81. The Bertz CT molecular complexity index is 589.